The van der Waals surface area contributed by atoms with Gasteiger partial charge in [0.1, 0.15) is 0 Å². The molecule has 2 aliphatic heterocycles. The number of nitrogens with zero attached hydrogens (tertiary/aromatic N) is 2. The number of thioether (sulfide) groups is 1. The first-order valence-electron chi connectivity index (χ1n) is 8.25. The molecule has 1 atom stereocenters. The van der Waals surface area contributed by atoms with Crippen LogP contribution >= 0.6 is 11.8 Å². The van der Waals surface area contributed by atoms with Gasteiger partial charge in [0.25, 0.3) is 0 Å². The van der Waals surface area contributed by atoms with Crippen molar-refractivity contribution in [3.63, 3.8) is 0 Å². The molecule has 0 aromatic rings. The van der Waals surface area contributed by atoms with Gasteiger partial charge < -0.3 is 10.2 Å². The van der Waals surface area contributed by atoms with E-state index in [-0.39, 0.29) is 17.4 Å². The first-order valence-corrected chi connectivity index (χ1v) is 9.40. The maximum absolute atomic E-state index is 12.6. The van der Waals surface area contributed by atoms with Crippen LogP contribution in [0.25, 0.3) is 0 Å². The van der Waals surface area contributed by atoms with E-state index in [9.17, 15) is 9.59 Å². The summed E-state index contributed by atoms with van der Waals surface area (Å²) in [4.78, 5) is 28.8. The second-order valence-electron chi connectivity index (χ2n) is 7.31. The van der Waals surface area contributed by atoms with E-state index >= 15 is 0 Å². The van der Waals surface area contributed by atoms with Gasteiger partial charge in [-0.3, -0.25) is 14.5 Å². The van der Waals surface area contributed by atoms with Crippen molar-refractivity contribution in [2.75, 3.05) is 44.2 Å². The first-order chi connectivity index (χ1) is 10.3. The molecule has 2 heterocycles. The lowest BCUT2D eigenvalue weighted by Crippen LogP contribution is -2.51. The van der Waals surface area contributed by atoms with Crippen LogP contribution in [0.15, 0.2) is 0 Å². The maximum atomic E-state index is 12.6. The molecule has 0 aromatic heterocycles. The van der Waals surface area contributed by atoms with Crippen molar-refractivity contribution in [2.45, 2.75) is 39.2 Å². The van der Waals surface area contributed by atoms with Gasteiger partial charge >= 0.3 is 0 Å². The molecule has 2 amide bonds. The van der Waals surface area contributed by atoms with Crippen LogP contribution in [0.4, 0.5) is 0 Å². The van der Waals surface area contributed by atoms with Gasteiger partial charge in [-0.05, 0) is 40.2 Å². The number of hydrogen-bond acceptors (Lipinski definition) is 4. The summed E-state index contributed by atoms with van der Waals surface area (Å²) in [6.45, 7) is 9.76. The monoisotopic (exact) mass is 327 g/mol. The third-order valence-corrected chi connectivity index (χ3v) is 5.00. The second kappa shape index (κ2) is 7.68. The highest BCUT2D eigenvalue weighted by Crippen LogP contribution is 2.20. The van der Waals surface area contributed by atoms with Crippen molar-refractivity contribution >= 4 is 23.6 Å². The Morgan fingerprint density at radius 3 is 2.50 bits per heavy atom. The summed E-state index contributed by atoms with van der Waals surface area (Å²) in [6.07, 6.45) is 1.96. The quantitative estimate of drug-likeness (QED) is 0.846. The molecular weight excluding hydrogens is 298 g/mol. The van der Waals surface area contributed by atoms with Crippen molar-refractivity contribution in [1.82, 2.24) is 15.1 Å². The van der Waals surface area contributed by atoms with Crippen LogP contribution in [0, 0.1) is 5.92 Å². The zero-order chi connectivity index (χ0) is 16.2. The molecule has 2 aliphatic rings. The molecule has 22 heavy (non-hydrogen) atoms. The molecule has 0 radical (unpaired) electrons. The van der Waals surface area contributed by atoms with Gasteiger partial charge in [-0.25, -0.2) is 0 Å². The molecule has 2 fully saturated rings. The molecule has 126 valence electrons. The van der Waals surface area contributed by atoms with Crippen LogP contribution in [0.2, 0.25) is 0 Å². The topological polar surface area (TPSA) is 52.7 Å². The minimum Gasteiger partial charge on any atom is -0.350 e. The van der Waals surface area contributed by atoms with E-state index in [1.54, 1.807) is 0 Å². The lowest BCUT2D eigenvalue weighted by molar-refractivity contribution is -0.138. The summed E-state index contributed by atoms with van der Waals surface area (Å²) in [7, 11) is 0. The predicted molar refractivity (Wildman–Crippen MR) is 91.0 cm³/mol. The van der Waals surface area contributed by atoms with Crippen LogP contribution in [-0.2, 0) is 9.59 Å². The van der Waals surface area contributed by atoms with Crippen molar-refractivity contribution in [1.29, 1.82) is 0 Å². The zero-order valence-electron chi connectivity index (χ0n) is 14.1. The number of amides is 2. The van der Waals surface area contributed by atoms with Crippen LogP contribution in [0.5, 0.6) is 0 Å². The smallest absolute Gasteiger partial charge is 0.234 e. The Labute approximate surface area is 138 Å². The number of rotatable bonds is 3. The van der Waals surface area contributed by atoms with Crippen LogP contribution in [0.3, 0.4) is 0 Å². The number of piperidine rings is 1. The number of nitrogens with one attached hydrogen (secondary N) is 1. The van der Waals surface area contributed by atoms with E-state index < -0.39 is 0 Å². The molecule has 2 saturated heterocycles. The summed E-state index contributed by atoms with van der Waals surface area (Å²) in [6, 6.07) is 0. The fourth-order valence-corrected chi connectivity index (χ4v) is 4.01. The van der Waals surface area contributed by atoms with E-state index in [1.165, 1.54) is 0 Å². The standard InChI is InChI=1S/C16H29N3O2S/c1-16(2,3)17-14(20)12-18-6-4-5-13(11-18)15(21)19-7-9-22-10-8-19/h13H,4-12H2,1-3H3,(H,17,20). The van der Waals surface area contributed by atoms with Crippen molar-refractivity contribution < 1.29 is 9.59 Å². The third kappa shape index (κ3) is 5.47. The number of carbonyl (C=O) groups is 2. The normalized spacial score (nSPS) is 24.1. The maximum Gasteiger partial charge on any atom is 0.234 e. The molecule has 0 aliphatic carbocycles. The summed E-state index contributed by atoms with van der Waals surface area (Å²) in [5.74, 6) is 2.52. The summed E-state index contributed by atoms with van der Waals surface area (Å²) >= 11 is 1.92. The van der Waals surface area contributed by atoms with Crippen molar-refractivity contribution in [2.24, 2.45) is 5.92 Å². The SMILES string of the molecule is CC(C)(C)NC(=O)CN1CCCC(C(=O)N2CCSCC2)C1. The Bertz CT molecular complexity index is 403. The van der Waals surface area contributed by atoms with Gasteiger partial charge in [0.05, 0.1) is 12.5 Å². The summed E-state index contributed by atoms with van der Waals surface area (Å²) in [5.41, 5.74) is -0.201. The highest BCUT2D eigenvalue weighted by atomic mass is 32.2. The zero-order valence-corrected chi connectivity index (χ0v) is 14.9. The fourth-order valence-electron chi connectivity index (χ4n) is 3.10. The van der Waals surface area contributed by atoms with Crippen LogP contribution in [-0.4, -0.2) is 71.4 Å². The average molecular weight is 327 g/mol. The summed E-state index contributed by atoms with van der Waals surface area (Å²) < 4.78 is 0. The predicted octanol–water partition coefficient (Wildman–Crippen LogP) is 1.19. The fraction of sp³-hybridized carbons (Fsp3) is 0.875. The molecule has 0 spiro atoms. The molecule has 0 bridgehead atoms. The molecule has 1 unspecified atom stereocenters. The molecule has 2 rings (SSSR count). The highest BCUT2D eigenvalue weighted by molar-refractivity contribution is 7.99. The summed E-state index contributed by atoms with van der Waals surface area (Å²) in [5, 5.41) is 3.00. The van der Waals surface area contributed by atoms with Gasteiger partial charge in [0.15, 0.2) is 0 Å². The van der Waals surface area contributed by atoms with Gasteiger partial charge in [-0.2, -0.15) is 11.8 Å². The molecule has 1 N–H and O–H groups in total. The minimum atomic E-state index is -0.201. The minimum absolute atomic E-state index is 0.0509. The first kappa shape index (κ1) is 17.6. The van der Waals surface area contributed by atoms with E-state index in [4.69, 9.17) is 0 Å². The number of carbonyl (C=O) groups excluding carboxylic acids is 2. The second-order valence-corrected chi connectivity index (χ2v) is 8.53. The van der Waals surface area contributed by atoms with Crippen molar-refractivity contribution in [3.8, 4) is 0 Å². The highest BCUT2D eigenvalue weighted by Gasteiger charge is 2.30. The van der Waals surface area contributed by atoms with Crippen LogP contribution in [0.1, 0.15) is 33.6 Å². The van der Waals surface area contributed by atoms with Gasteiger partial charge in [-0.15, -0.1) is 0 Å². The lowest BCUT2D eigenvalue weighted by Gasteiger charge is -2.36. The molecular formula is C16H29N3O2S. The molecule has 0 saturated carbocycles. The van der Waals surface area contributed by atoms with E-state index in [0.717, 1.165) is 50.5 Å². The van der Waals surface area contributed by atoms with Gasteiger partial charge in [-0.1, -0.05) is 0 Å². The Balaban J connectivity index is 1.83. The van der Waals surface area contributed by atoms with Gasteiger partial charge in [0, 0.05) is 36.7 Å². The number of likely N-dealkylation sites (tertiary alicyclic amines) is 1. The Hall–Kier alpha value is -0.750. The molecule has 0 aromatic carbocycles. The Morgan fingerprint density at radius 1 is 1.18 bits per heavy atom. The van der Waals surface area contributed by atoms with E-state index in [2.05, 4.69) is 10.2 Å². The van der Waals surface area contributed by atoms with E-state index in [0.29, 0.717) is 12.5 Å². The Morgan fingerprint density at radius 2 is 1.86 bits per heavy atom. The van der Waals surface area contributed by atoms with Crippen LogP contribution < -0.4 is 5.32 Å². The number of hydrogen-bond donors (Lipinski definition) is 1. The molecule has 5 nitrogen and oxygen atoms in total. The molecule has 6 heteroatoms. The third-order valence-electron chi connectivity index (χ3n) is 4.06. The lowest BCUT2D eigenvalue weighted by atomic mass is 9.96. The Kier molecular flexibility index (Phi) is 6.15. The van der Waals surface area contributed by atoms with E-state index in [1.807, 2.05) is 37.4 Å². The van der Waals surface area contributed by atoms with Crippen molar-refractivity contribution in [3.05, 3.63) is 0 Å². The van der Waals surface area contributed by atoms with Gasteiger partial charge in [0.2, 0.25) is 11.8 Å². The largest absolute Gasteiger partial charge is 0.350 e. The average Bonchev–Trinajstić information content (AvgIpc) is 2.45.